The zero-order valence-electron chi connectivity index (χ0n) is 9.36. The van der Waals surface area contributed by atoms with Crippen LogP contribution in [0.4, 0.5) is 0 Å². The van der Waals surface area contributed by atoms with E-state index in [0.717, 1.165) is 11.3 Å². The molecule has 0 unspecified atom stereocenters. The van der Waals surface area contributed by atoms with Gasteiger partial charge in [-0.15, -0.1) is 0 Å². The Labute approximate surface area is 93.0 Å². The van der Waals surface area contributed by atoms with Crippen LogP contribution in [0.5, 0.6) is 0 Å². The standard InChI is InChI=1S/C13H13NO2/c1-4-12-10(3)14(13(15)16-12)11-8-6-5-7-9(11)2/h4-8H,3H2,1-2H3/b12-4-. The average molecular weight is 215 g/mol. The van der Waals surface area contributed by atoms with Crippen LogP contribution in [0.15, 0.2) is 33.5 Å². The van der Waals surface area contributed by atoms with Gasteiger partial charge in [0.05, 0.1) is 11.0 Å². The second-order valence-corrected chi connectivity index (χ2v) is 3.59. The van der Waals surface area contributed by atoms with Crippen molar-refractivity contribution in [1.29, 1.82) is 0 Å². The SMILES string of the molecule is C=c1/c(=C/C)oc(=O)n1-c1ccccc1C. The van der Waals surface area contributed by atoms with E-state index in [-0.39, 0.29) is 0 Å². The van der Waals surface area contributed by atoms with E-state index in [0.29, 0.717) is 10.8 Å². The molecule has 82 valence electrons. The van der Waals surface area contributed by atoms with E-state index < -0.39 is 5.76 Å². The third-order valence-electron chi connectivity index (χ3n) is 2.55. The number of rotatable bonds is 1. The van der Waals surface area contributed by atoms with E-state index in [1.807, 2.05) is 38.1 Å². The molecule has 3 nitrogen and oxygen atoms in total. The maximum absolute atomic E-state index is 11.7. The minimum absolute atomic E-state index is 0.396. The van der Waals surface area contributed by atoms with Gasteiger partial charge in [0.15, 0.2) is 5.42 Å². The first-order valence-corrected chi connectivity index (χ1v) is 5.08. The van der Waals surface area contributed by atoms with E-state index in [1.165, 1.54) is 4.57 Å². The van der Waals surface area contributed by atoms with Gasteiger partial charge in [-0.25, -0.2) is 9.36 Å². The Morgan fingerprint density at radius 3 is 2.62 bits per heavy atom. The molecule has 0 aliphatic heterocycles. The fraction of sp³-hybridized carbons (Fsp3) is 0.154. The number of hydrogen-bond donors (Lipinski definition) is 0. The Balaban J connectivity index is 2.86. The lowest BCUT2D eigenvalue weighted by Crippen LogP contribution is -2.29. The Kier molecular flexibility index (Phi) is 2.52. The van der Waals surface area contributed by atoms with Gasteiger partial charge in [0.1, 0.15) is 0 Å². The quantitative estimate of drug-likeness (QED) is 0.710. The molecule has 1 heterocycles. The Bertz CT molecular complexity index is 677. The van der Waals surface area contributed by atoms with Crippen LogP contribution >= 0.6 is 0 Å². The van der Waals surface area contributed by atoms with Crippen LogP contribution in [0.25, 0.3) is 18.3 Å². The summed E-state index contributed by atoms with van der Waals surface area (Å²) in [7, 11) is 0. The Morgan fingerprint density at radius 2 is 2.06 bits per heavy atom. The molecule has 0 N–H and O–H groups in total. The molecular formula is C13H13NO2. The summed E-state index contributed by atoms with van der Waals surface area (Å²) in [5.41, 5.74) is 2.35. The van der Waals surface area contributed by atoms with Crippen molar-refractivity contribution in [3.63, 3.8) is 0 Å². The monoisotopic (exact) mass is 215 g/mol. The van der Waals surface area contributed by atoms with Crippen molar-refractivity contribution in [3.8, 4) is 5.69 Å². The Morgan fingerprint density at radius 1 is 1.38 bits per heavy atom. The number of nitrogens with zero attached hydrogens (tertiary/aromatic N) is 1. The molecular weight excluding hydrogens is 202 g/mol. The van der Waals surface area contributed by atoms with Crippen molar-refractivity contribution in [2.45, 2.75) is 13.8 Å². The molecule has 16 heavy (non-hydrogen) atoms. The molecule has 0 fully saturated rings. The third kappa shape index (κ3) is 1.50. The van der Waals surface area contributed by atoms with Crippen LogP contribution in [0.1, 0.15) is 12.5 Å². The van der Waals surface area contributed by atoms with Crippen molar-refractivity contribution in [2.75, 3.05) is 0 Å². The van der Waals surface area contributed by atoms with Crippen LogP contribution in [0.2, 0.25) is 0 Å². The first kappa shape index (κ1) is 10.5. The minimum atomic E-state index is -0.396. The molecule has 0 radical (unpaired) electrons. The highest BCUT2D eigenvalue weighted by Crippen LogP contribution is 2.08. The fourth-order valence-corrected chi connectivity index (χ4v) is 1.70. The van der Waals surface area contributed by atoms with Crippen LogP contribution in [0, 0.1) is 6.92 Å². The first-order valence-electron chi connectivity index (χ1n) is 5.08. The zero-order chi connectivity index (χ0) is 11.7. The lowest BCUT2D eigenvalue weighted by atomic mass is 10.2. The van der Waals surface area contributed by atoms with Crippen LogP contribution in [-0.2, 0) is 0 Å². The minimum Gasteiger partial charge on any atom is -0.408 e. The summed E-state index contributed by atoms with van der Waals surface area (Å²) in [5.74, 6) is -0.396. The number of aryl methyl sites for hydroxylation is 1. The predicted molar refractivity (Wildman–Crippen MR) is 64.0 cm³/mol. The van der Waals surface area contributed by atoms with Gasteiger partial charge in [0.25, 0.3) is 0 Å². The van der Waals surface area contributed by atoms with Gasteiger partial charge >= 0.3 is 5.76 Å². The number of para-hydroxylation sites is 1. The summed E-state index contributed by atoms with van der Waals surface area (Å²) in [6.45, 7) is 7.63. The summed E-state index contributed by atoms with van der Waals surface area (Å²) < 4.78 is 6.58. The second kappa shape index (κ2) is 3.85. The van der Waals surface area contributed by atoms with Crippen molar-refractivity contribution >= 4 is 12.7 Å². The molecule has 1 aromatic heterocycles. The van der Waals surface area contributed by atoms with E-state index >= 15 is 0 Å². The third-order valence-corrected chi connectivity index (χ3v) is 2.55. The first-order chi connectivity index (χ1) is 7.65. The highest BCUT2D eigenvalue weighted by atomic mass is 16.4. The van der Waals surface area contributed by atoms with Gasteiger partial charge in [-0.05, 0) is 31.6 Å². The molecule has 0 spiro atoms. The van der Waals surface area contributed by atoms with E-state index in [2.05, 4.69) is 6.58 Å². The summed E-state index contributed by atoms with van der Waals surface area (Å²) in [6.07, 6.45) is 1.73. The van der Waals surface area contributed by atoms with Crippen LogP contribution in [0.3, 0.4) is 0 Å². The second-order valence-electron chi connectivity index (χ2n) is 3.59. The number of oxazole rings is 1. The average Bonchev–Trinajstić information content (AvgIpc) is 2.55. The predicted octanol–water partition coefficient (Wildman–Crippen LogP) is 0.950. The van der Waals surface area contributed by atoms with Crippen molar-refractivity contribution < 1.29 is 4.42 Å². The van der Waals surface area contributed by atoms with E-state index in [9.17, 15) is 4.79 Å². The van der Waals surface area contributed by atoms with E-state index in [1.54, 1.807) is 6.08 Å². The molecule has 0 atom stereocenters. The van der Waals surface area contributed by atoms with Gasteiger partial charge in [-0.3, -0.25) is 0 Å². The normalized spacial score (nSPS) is 12.0. The lowest BCUT2D eigenvalue weighted by molar-refractivity contribution is 0.477. The van der Waals surface area contributed by atoms with Crippen LogP contribution < -0.4 is 16.5 Å². The maximum atomic E-state index is 11.7. The zero-order valence-corrected chi connectivity index (χ0v) is 9.36. The summed E-state index contributed by atoms with van der Waals surface area (Å²) in [5, 5.41) is 0.585. The lowest BCUT2D eigenvalue weighted by Gasteiger charge is -2.03. The fourth-order valence-electron chi connectivity index (χ4n) is 1.70. The Hall–Kier alpha value is -2.03. The van der Waals surface area contributed by atoms with Gasteiger partial charge in [0.2, 0.25) is 0 Å². The molecule has 1 aromatic carbocycles. The summed E-state index contributed by atoms with van der Waals surface area (Å²) in [4.78, 5) is 11.7. The number of benzene rings is 1. The molecule has 2 rings (SSSR count). The van der Waals surface area contributed by atoms with Gasteiger partial charge in [0, 0.05) is 0 Å². The smallest absolute Gasteiger partial charge is 0.408 e. The molecule has 0 saturated carbocycles. The molecule has 3 heteroatoms. The largest absolute Gasteiger partial charge is 0.424 e. The van der Waals surface area contributed by atoms with E-state index in [4.69, 9.17) is 4.42 Å². The molecule has 2 aromatic rings. The molecule has 0 amide bonds. The van der Waals surface area contributed by atoms with Gasteiger partial charge < -0.3 is 4.42 Å². The molecule has 0 aliphatic rings. The maximum Gasteiger partial charge on any atom is 0.424 e. The highest BCUT2D eigenvalue weighted by Gasteiger charge is 2.07. The molecule has 0 saturated heterocycles. The summed E-state index contributed by atoms with van der Waals surface area (Å²) in [6, 6.07) is 7.64. The van der Waals surface area contributed by atoms with Crippen molar-refractivity contribution in [1.82, 2.24) is 4.57 Å². The van der Waals surface area contributed by atoms with Crippen molar-refractivity contribution in [3.05, 3.63) is 51.1 Å². The number of hydrogen-bond acceptors (Lipinski definition) is 2. The topological polar surface area (TPSA) is 35.1 Å². The summed E-state index contributed by atoms with van der Waals surface area (Å²) >= 11 is 0. The van der Waals surface area contributed by atoms with Gasteiger partial charge in [-0.2, -0.15) is 0 Å². The van der Waals surface area contributed by atoms with Crippen LogP contribution in [-0.4, -0.2) is 4.57 Å². The van der Waals surface area contributed by atoms with Crippen molar-refractivity contribution in [2.24, 2.45) is 0 Å². The van der Waals surface area contributed by atoms with Gasteiger partial charge in [-0.1, -0.05) is 24.8 Å². The molecule has 0 bridgehead atoms. The highest BCUT2D eigenvalue weighted by molar-refractivity contribution is 5.40. The number of aromatic nitrogens is 1. The molecule has 0 aliphatic carbocycles.